The van der Waals surface area contributed by atoms with Crippen LogP contribution < -0.4 is 9.62 Å². The van der Waals surface area contributed by atoms with E-state index >= 15 is 0 Å². The summed E-state index contributed by atoms with van der Waals surface area (Å²) in [6.45, 7) is 7.73. The molecular weight excluding hydrogens is 398 g/mol. The third-order valence-corrected chi connectivity index (χ3v) is 8.22. The van der Waals surface area contributed by atoms with Crippen molar-refractivity contribution in [1.82, 2.24) is 9.03 Å². The second kappa shape index (κ2) is 8.39. The SMILES string of the molecule is CN(C)S(=O)(=O)NCCCc1c(N2CCOCC2)sc2c1CC(C)(C)CC2=O. The summed E-state index contributed by atoms with van der Waals surface area (Å²) in [5, 5.41) is 1.18. The van der Waals surface area contributed by atoms with Crippen molar-refractivity contribution in [3.05, 3.63) is 16.0 Å². The van der Waals surface area contributed by atoms with E-state index in [1.165, 1.54) is 34.5 Å². The average Bonchev–Trinajstić information content (AvgIpc) is 2.97. The Kier molecular flexibility index (Phi) is 6.51. The average molecular weight is 430 g/mol. The van der Waals surface area contributed by atoms with Crippen molar-refractivity contribution in [3.8, 4) is 0 Å². The van der Waals surface area contributed by atoms with Crippen molar-refractivity contribution in [2.45, 2.75) is 39.5 Å². The number of Topliss-reactive ketones (excluding diaryl/α,β-unsaturated/α-hetero) is 1. The number of hydrogen-bond acceptors (Lipinski definition) is 6. The second-order valence-electron chi connectivity index (χ2n) is 8.52. The van der Waals surface area contributed by atoms with Crippen LogP contribution in [0.2, 0.25) is 0 Å². The summed E-state index contributed by atoms with van der Waals surface area (Å²) in [7, 11) is -0.378. The number of ether oxygens (including phenoxy) is 1. The fraction of sp³-hybridized carbons (Fsp3) is 0.737. The molecule has 0 unspecified atom stereocenters. The summed E-state index contributed by atoms with van der Waals surface area (Å²) in [6, 6.07) is 0. The highest BCUT2D eigenvalue weighted by atomic mass is 32.2. The number of anilines is 1. The van der Waals surface area contributed by atoms with Gasteiger partial charge in [-0.05, 0) is 35.8 Å². The zero-order valence-electron chi connectivity index (χ0n) is 17.2. The number of nitrogens with one attached hydrogen (secondary N) is 1. The monoisotopic (exact) mass is 429 g/mol. The van der Waals surface area contributed by atoms with Gasteiger partial charge in [-0.2, -0.15) is 12.7 Å². The Morgan fingerprint density at radius 2 is 1.89 bits per heavy atom. The van der Waals surface area contributed by atoms with Crippen LogP contribution >= 0.6 is 11.3 Å². The number of carbonyl (C=O) groups is 1. The van der Waals surface area contributed by atoms with Crippen LogP contribution in [0.4, 0.5) is 5.00 Å². The first-order valence-corrected chi connectivity index (χ1v) is 12.0. The molecule has 0 spiro atoms. The Morgan fingerprint density at radius 1 is 1.21 bits per heavy atom. The normalized spacial score (nSPS) is 19.9. The van der Waals surface area contributed by atoms with E-state index in [0.717, 1.165) is 30.8 Å². The van der Waals surface area contributed by atoms with E-state index < -0.39 is 10.2 Å². The molecule has 0 radical (unpaired) electrons. The molecule has 1 aromatic heterocycles. The largest absolute Gasteiger partial charge is 0.378 e. The van der Waals surface area contributed by atoms with Crippen LogP contribution in [0, 0.1) is 5.41 Å². The van der Waals surface area contributed by atoms with Gasteiger partial charge in [0.15, 0.2) is 5.78 Å². The molecule has 7 nitrogen and oxygen atoms in total. The molecule has 1 N–H and O–H groups in total. The van der Waals surface area contributed by atoms with Gasteiger partial charge in [-0.1, -0.05) is 13.8 Å². The third kappa shape index (κ3) is 4.76. The quantitative estimate of drug-likeness (QED) is 0.672. The van der Waals surface area contributed by atoms with Gasteiger partial charge in [0.05, 0.1) is 23.1 Å². The van der Waals surface area contributed by atoms with Crippen LogP contribution in [0.5, 0.6) is 0 Å². The van der Waals surface area contributed by atoms with Gasteiger partial charge >= 0.3 is 0 Å². The molecule has 1 aromatic rings. The summed E-state index contributed by atoms with van der Waals surface area (Å²) >= 11 is 1.62. The maximum atomic E-state index is 12.8. The zero-order valence-corrected chi connectivity index (χ0v) is 18.8. The lowest BCUT2D eigenvalue weighted by Crippen LogP contribution is -2.37. The van der Waals surface area contributed by atoms with Gasteiger partial charge in [-0.25, -0.2) is 4.72 Å². The van der Waals surface area contributed by atoms with Gasteiger partial charge in [0.1, 0.15) is 0 Å². The second-order valence-corrected chi connectivity index (χ2v) is 11.5. The van der Waals surface area contributed by atoms with Gasteiger partial charge in [0.2, 0.25) is 0 Å². The first-order valence-electron chi connectivity index (χ1n) is 9.78. The molecule has 0 amide bonds. The molecule has 2 aliphatic rings. The van der Waals surface area contributed by atoms with Gasteiger partial charge in [-0.15, -0.1) is 11.3 Å². The summed E-state index contributed by atoms with van der Waals surface area (Å²) in [4.78, 5) is 16.0. The molecule has 3 rings (SSSR count). The molecule has 158 valence electrons. The summed E-state index contributed by atoms with van der Waals surface area (Å²) in [6.07, 6.45) is 2.94. The summed E-state index contributed by atoms with van der Waals surface area (Å²) in [5.41, 5.74) is 2.38. The highest BCUT2D eigenvalue weighted by Gasteiger charge is 2.36. The lowest BCUT2D eigenvalue weighted by Gasteiger charge is -2.30. The maximum absolute atomic E-state index is 12.8. The number of thiophene rings is 1. The minimum Gasteiger partial charge on any atom is -0.378 e. The van der Waals surface area contributed by atoms with Crippen molar-refractivity contribution < 1.29 is 17.9 Å². The van der Waals surface area contributed by atoms with Crippen molar-refractivity contribution in [2.75, 3.05) is 51.8 Å². The molecule has 2 heterocycles. The van der Waals surface area contributed by atoms with E-state index in [1.807, 2.05) is 0 Å². The Morgan fingerprint density at radius 3 is 2.54 bits per heavy atom. The van der Waals surface area contributed by atoms with Gasteiger partial charge in [0.25, 0.3) is 10.2 Å². The van der Waals surface area contributed by atoms with Gasteiger partial charge in [0, 0.05) is 40.2 Å². The first-order chi connectivity index (χ1) is 13.1. The highest BCUT2D eigenvalue weighted by Crippen LogP contribution is 2.45. The van der Waals surface area contributed by atoms with E-state index in [2.05, 4.69) is 23.5 Å². The molecule has 1 aliphatic heterocycles. The Hall–Kier alpha value is -1.00. The maximum Gasteiger partial charge on any atom is 0.278 e. The smallest absolute Gasteiger partial charge is 0.278 e. The Bertz CT molecular complexity index is 824. The van der Waals surface area contributed by atoms with Crippen molar-refractivity contribution in [2.24, 2.45) is 5.41 Å². The number of ketones is 1. The van der Waals surface area contributed by atoms with E-state index in [0.29, 0.717) is 32.6 Å². The molecule has 0 saturated carbocycles. The number of morpholine rings is 1. The van der Waals surface area contributed by atoms with Crippen molar-refractivity contribution in [3.63, 3.8) is 0 Å². The first kappa shape index (κ1) is 21.7. The predicted octanol–water partition coefficient (Wildman–Crippen LogP) is 2.07. The van der Waals surface area contributed by atoms with Crippen LogP contribution in [0.3, 0.4) is 0 Å². The summed E-state index contributed by atoms with van der Waals surface area (Å²) < 4.78 is 33.1. The van der Waals surface area contributed by atoms with E-state index in [-0.39, 0.29) is 11.2 Å². The van der Waals surface area contributed by atoms with Crippen LogP contribution in [0.1, 0.15) is 47.5 Å². The van der Waals surface area contributed by atoms with Crippen LogP contribution in [0.25, 0.3) is 0 Å². The molecular formula is C19H31N3O4S2. The van der Waals surface area contributed by atoms with Crippen LogP contribution in [0.15, 0.2) is 0 Å². The number of hydrogen-bond donors (Lipinski definition) is 1. The number of rotatable bonds is 7. The number of carbonyl (C=O) groups excluding carboxylic acids is 1. The molecule has 1 aliphatic carbocycles. The highest BCUT2D eigenvalue weighted by molar-refractivity contribution is 7.87. The predicted molar refractivity (Wildman–Crippen MR) is 113 cm³/mol. The zero-order chi connectivity index (χ0) is 20.5. The molecule has 0 aromatic carbocycles. The van der Waals surface area contributed by atoms with E-state index in [4.69, 9.17) is 4.74 Å². The lowest BCUT2D eigenvalue weighted by molar-refractivity contribution is 0.0917. The molecule has 0 bridgehead atoms. The van der Waals surface area contributed by atoms with Crippen LogP contribution in [-0.2, 0) is 27.8 Å². The minimum absolute atomic E-state index is 0.0330. The number of fused-ring (bicyclic) bond motifs is 1. The third-order valence-electron chi connectivity index (χ3n) is 5.31. The molecule has 28 heavy (non-hydrogen) atoms. The van der Waals surface area contributed by atoms with Crippen LogP contribution in [-0.4, -0.2) is 65.4 Å². The summed E-state index contributed by atoms with van der Waals surface area (Å²) in [5.74, 6) is 0.241. The number of nitrogens with zero attached hydrogens (tertiary/aromatic N) is 2. The van der Waals surface area contributed by atoms with Crippen molar-refractivity contribution in [1.29, 1.82) is 0 Å². The van der Waals surface area contributed by atoms with E-state index in [9.17, 15) is 13.2 Å². The topological polar surface area (TPSA) is 79.0 Å². The Balaban J connectivity index is 1.82. The van der Waals surface area contributed by atoms with Gasteiger partial charge in [-0.3, -0.25) is 4.79 Å². The van der Waals surface area contributed by atoms with Gasteiger partial charge < -0.3 is 9.64 Å². The van der Waals surface area contributed by atoms with Crippen molar-refractivity contribution >= 4 is 32.3 Å². The molecule has 9 heteroatoms. The Labute approximate surface area is 172 Å². The standard InChI is InChI=1S/C19H31N3O4S2/c1-19(2)12-15-14(6-5-7-20-28(24,25)21(3)4)18(22-8-10-26-11-9-22)27-17(15)16(23)13-19/h20H,5-13H2,1-4H3. The molecule has 1 saturated heterocycles. The lowest BCUT2D eigenvalue weighted by atomic mass is 9.75. The molecule has 0 atom stereocenters. The fourth-order valence-electron chi connectivity index (χ4n) is 3.83. The minimum atomic E-state index is -3.41. The fourth-order valence-corrected chi connectivity index (χ4v) is 5.85. The molecule has 1 fully saturated rings. The van der Waals surface area contributed by atoms with E-state index in [1.54, 1.807) is 11.3 Å².